The maximum Gasteiger partial charge on any atom is 0.265 e. The molecule has 0 aliphatic carbocycles. The normalized spacial score (nSPS) is 10.8. The summed E-state index contributed by atoms with van der Waals surface area (Å²) in [6, 6.07) is 8.01. The smallest absolute Gasteiger partial charge is 0.265 e. The van der Waals surface area contributed by atoms with Gasteiger partial charge in [-0.1, -0.05) is 18.2 Å². The summed E-state index contributed by atoms with van der Waals surface area (Å²) in [5.74, 6) is -1.14. The Labute approximate surface area is 144 Å². The summed E-state index contributed by atoms with van der Waals surface area (Å²) in [4.78, 5) is 35.1. The molecule has 0 fully saturated rings. The standard InChI is InChI=1S/C18H18N2O5/c1-11-8-15(22)17(18(24)20(11)2)14(21)7-6-12-4-3-5-13(9-12)25-10-16(19)23/h3-9,22H,10H2,1-2H3,(H2,19,23). The Hall–Kier alpha value is -3.35. The van der Waals surface area contributed by atoms with Gasteiger partial charge in [0.25, 0.3) is 11.5 Å². The van der Waals surface area contributed by atoms with Crippen molar-refractivity contribution >= 4 is 17.8 Å². The Morgan fingerprint density at radius 2 is 2.04 bits per heavy atom. The lowest BCUT2D eigenvalue weighted by atomic mass is 10.1. The molecule has 1 heterocycles. The predicted octanol–water partition coefficient (Wildman–Crippen LogP) is 1.16. The Balaban J connectivity index is 2.24. The molecule has 0 aliphatic rings. The monoisotopic (exact) mass is 342 g/mol. The van der Waals surface area contributed by atoms with E-state index in [1.165, 1.54) is 29.8 Å². The number of carbonyl (C=O) groups is 2. The molecule has 0 aliphatic heterocycles. The fraction of sp³-hybridized carbons (Fsp3) is 0.167. The van der Waals surface area contributed by atoms with Crippen LogP contribution in [0.1, 0.15) is 21.6 Å². The zero-order valence-electron chi connectivity index (χ0n) is 13.9. The molecule has 1 aromatic heterocycles. The van der Waals surface area contributed by atoms with Gasteiger partial charge in [-0.3, -0.25) is 14.4 Å². The third-order valence-electron chi connectivity index (χ3n) is 3.56. The van der Waals surface area contributed by atoms with Crippen LogP contribution < -0.4 is 16.0 Å². The summed E-state index contributed by atoms with van der Waals surface area (Å²) >= 11 is 0. The van der Waals surface area contributed by atoms with Crippen molar-refractivity contribution in [2.75, 3.05) is 6.61 Å². The quantitative estimate of drug-likeness (QED) is 0.604. The maximum absolute atomic E-state index is 12.3. The lowest BCUT2D eigenvalue weighted by Crippen LogP contribution is -2.25. The molecule has 0 saturated carbocycles. The average Bonchev–Trinajstić information content (AvgIpc) is 2.56. The fourth-order valence-electron chi connectivity index (χ4n) is 2.15. The molecule has 3 N–H and O–H groups in total. The molecule has 2 rings (SSSR count). The van der Waals surface area contributed by atoms with Gasteiger partial charge >= 0.3 is 0 Å². The molecule has 0 spiro atoms. The molecule has 1 amide bonds. The number of carbonyl (C=O) groups excluding carboxylic acids is 2. The number of benzene rings is 1. The number of rotatable bonds is 6. The van der Waals surface area contributed by atoms with Crippen LogP contribution in [-0.4, -0.2) is 28.0 Å². The topological polar surface area (TPSA) is 112 Å². The van der Waals surface area contributed by atoms with E-state index >= 15 is 0 Å². The zero-order valence-corrected chi connectivity index (χ0v) is 13.9. The van der Waals surface area contributed by atoms with Crippen LogP contribution in [0.2, 0.25) is 0 Å². The van der Waals surface area contributed by atoms with Gasteiger partial charge in [0.15, 0.2) is 12.4 Å². The maximum atomic E-state index is 12.3. The molecule has 7 heteroatoms. The van der Waals surface area contributed by atoms with Crippen LogP contribution in [0.3, 0.4) is 0 Å². The number of allylic oxidation sites excluding steroid dienone is 1. The number of ether oxygens (including phenoxy) is 1. The van der Waals surface area contributed by atoms with Crippen LogP contribution >= 0.6 is 0 Å². The van der Waals surface area contributed by atoms with E-state index in [2.05, 4.69) is 0 Å². The number of amides is 1. The Morgan fingerprint density at radius 1 is 1.32 bits per heavy atom. The first-order valence-electron chi connectivity index (χ1n) is 7.42. The second-order valence-electron chi connectivity index (χ2n) is 5.44. The molecule has 0 saturated heterocycles. The molecule has 25 heavy (non-hydrogen) atoms. The van der Waals surface area contributed by atoms with Crippen LogP contribution in [0.15, 0.2) is 41.2 Å². The van der Waals surface area contributed by atoms with Gasteiger partial charge in [0.1, 0.15) is 17.1 Å². The van der Waals surface area contributed by atoms with E-state index in [1.54, 1.807) is 31.2 Å². The van der Waals surface area contributed by atoms with E-state index < -0.39 is 17.2 Å². The Morgan fingerprint density at radius 3 is 2.72 bits per heavy atom. The number of pyridine rings is 1. The highest BCUT2D eigenvalue weighted by atomic mass is 16.5. The van der Waals surface area contributed by atoms with E-state index in [1.807, 2.05) is 0 Å². The number of hydrogen-bond donors (Lipinski definition) is 2. The molecule has 0 bridgehead atoms. The molecule has 0 unspecified atom stereocenters. The predicted molar refractivity (Wildman–Crippen MR) is 92.6 cm³/mol. The lowest BCUT2D eigenvalue weighted by molar-refractivity contribution is -0.119. The molecule has 2 aromatic rings. The SMILES string of the molecule is Cc1cc(O)c(C(=O)C=Cc2cccc(OCC(N)=O)c2)c(=O)n1C. The number of aryl methyl sites for hydroxylation is 1. The van der Waals surface area contributed by atoms with Crippen molar-refractivity contribution in [3.63, 3.8) is 0 Å². The van der Waals surface area contributed by atoms with Crippen LogP contribution in [0.25, 0.3) is 6.08 Å². The molecule has 0 radical (unpaired) electrons. The first-order valence-corrected chi connectivity index (χ1v) is 7.42. The fourth-order valence-corrected chi connectivity index (χ4v) is 2.15. The minimum absolute atomic E-state index is 0.251. The van der Waals surface area contributed by atoms with E-state index in [0.29, 0.717) is 17.0 Å². The van der Waals surface area contributed by atoms with Gasteiger partial charge < -0.3 is 20.1 Å². The number of hydrogen-bond acceptors (Lipinski definition) is 5. The van der Waals surface area contributed by atoms with Crippen molar-refractivity contribution in [2.24, 2.45) is 12.8 Å². The van der Waals surface area contributed by atoms with Gasteiger partial charge in [0.05, 0.1) is 0 Å². The highest BCUT2D eigenvalue weighted by molar-refractivity contribution is 6.08. The van der Waals surface area contributed by atoms with Crippen molar-refractivity contribution in [3.8, 4) is 11.5 Å². The van der Waals surface area contributed by atoms with Crippen LogP contribution in [0.4, 0.5) is 0 Å². The highest BCUT2D eigenvalue weighted by Crippen LogP contribution is 2.17. The van der Waals surface area contributed by atoms with E-state index in [0.717, 1.165) is 0 Å². The summed E-state index contributed by atoms with van der Waals surface area (Å²) in [5.41, 5.74) is 5.33. The summed E-state index contributed by atoms with van der Waals surface area (Å²) < 4.78 is 6.47. The van der Waals surface area contributed by atoms with Crippen LogP contribution in [0, 0.1) is 6.92 Å². The first kappa shape index (κ1) is 18.0. The van der Waals surface area contributed by atoms with E-state index in [4.69, 9.17) is 10.5 Å². The largest absolute Gasteiger partial charge is 0.507 e. The van der Waals surface area contributed by atoms with E-state index in [9.17, 15) is 19.5 Å². The molecule has 1 aromatic carbocycles. The number of aromatic nitrogens is 1. The number of aromatic hydroxyl groups is 1. The van der Waals surface area contributed by atoms with Gasteiger partial charge in [-0.25, -0.2) is 0 Å². The molecule has 7 nitrogen and oxygen atoms in total. The Kier molecular flexibility index (Phi) is 5.38. The van der Waals surface area contributed by atoms with Crippen LogP contribution in [-0.2, 0) is 11.8 Å². The third-order valence-corrected chi connectivity index (χ3v) is 3.56. The summed E-state index contributed by atoms with van der Waals surface area (Å²) in [5, 5.41) is 9.90. The van der Waals surface area contributed by atoms with Gasteiger partial charge in [-0.2, -0.15) is 0 Å². The second-order valence-corrected chi connectivity index (χ2v) is 5.44. The minimum atomic E-state index is -0.610. The van der Waals surface area contributed by atoms with Crippen molar-refractivity contribution in [2.45, 2.75) is 6.92 Å². The average molecular weight is 342 g/mol. The summed E-state index contributed by atoms with van der Waals surface area (Å²) in [7, 11) is 1.52. The van der Waals surface area contributed by atoms with Gasteiger partial charge in [0, 0.05) is 18.8 Å². The first-order chi connectivity index (χ1) is 11.8. The number of nitrogens with zero attached hydrogens (tertiary/aromatic N) is 1. The lowest BCUT2D eigenvalue weighted by Gasteiger charge is -2.07. The number of primary amides is 1. The Bertz CT molecular complexity index is 912. The van der Waals surface area contributed by atoms with Gasteiger partial charge in [-0.05, 0) is 30.7 Å². The van der Waals surface area contributed by atoms with Crippen LogP contribution in [0.5, 0.6) is 11.5 Å². The molecule has 130 valence electrons. The summed E-state index contributed by atoms with van der Waals surface area (Å²) in [6.07, 6.45) is 2.68. The van der Waals surface area contributed by atoms with Crippen molar-refractivity contribution in [3.05, 3.63) is 63.6 Å². The van der Waals surface area contributed by atoms with Gasteiger partial charge in [0.2, 0.25) is 0 Å². The zero-order chi connectivity index (χ0) is 18.6. The summed E-state index contributed by atoms with van der Waals surface area (Å²) in [6.45, 7) is 1.40. The van der Waals surface area contributed by atoms with Gasteiger partial charge in [-0.15, -0.1) is 0 Å². The molecular weight excluding hydrogens is 324 g/mol. The minimum Gasteiger partial charge on any atom is -0.507 e. The molecular formula is C18H18N2O5. The number of nitrogens with two attached hydrogens (primary N) is 1. The molecule has 0 atom stereocenters. The van der Waals surface area contributed by atoms with E-state index in [-0.39, 0.29) is 17.9 Å². The van der Waals surface area contributed by atoms with Crippen molar-refractivity contribution < 1.29 is 19.4 Å². The second kappa shape index (κ2) is 7.48. The van der Waals surface area contributed by atoms with Crippen molar-refractivity contribution in [1.82, 2.24) is 4.57 Å². The van der Waals surface area contributed by atoms with Crippen molar-refractivity contribution in [1.29, 1.82) is 0 Å². The highest BCUT2D eigenvalue weighted by Gasteiger charge is 2.16. The third kappa shape index (κ3) is 4.35. The number of ketones is 1.